The summed E-state index contributed by atoms with van der Waals surface area (Å²) in [5.74, 6) is 0.614. The van der Waals surface area contributed by atoms with E-state index in [4.69, 9.17) is 4.74 Å². The van der Waals surface area contributed by atoms with Crippen LogP contribution in [0.15, 0.2) is 65.6 Å². The maximum Gasteiger partial charge on any atom is 0.238 e. The number of nitrogens with zero attached hydrogens (tertiary/aromatic N) is 1. The fraction of sp³-hybridized carbons (Fsp3) is 0.280. The largest absolute Gasteiger partial charge is 0.493 e. The van der Waals surface area contributed by atoms with Crippen molar-refractivity contribution in [3.8, 4) is 5.75 Å². The quantitative estimate of drug-likeness (QED) is 0.563. The second-order valence-corrected chi connectivity index (χ2v) is 8.90. The molecule has 4 rings (SSSR count). The third-order valence-corrected chi connectivity index (χ3v) is 6.62. The molecule has 0 radical (unpaired) electrons. The van der Waals surface area contributed by atoms with Crippen LogP contribution in [-0.2, 0) is 16.1 Å². The number of rotatable bonds is 7. The van der Waals surface area contributed by atoms with Gasteiger partial charge in [0.15, 0.2) is 0 Å². The van der Waals surface area contributed by atoms with Gasteiger partial charge in [-0.25, -0.2) is 0 Å². The number of carbonyl (C=O) groups is 2. The number of benzene rings is 3. The number of thioether (sulfide) groups is 1. The minimum absolute atomic E-state index is 0.0681. The molecule has 0 saturated carbocycles. The molecular formula is C25H26N2O3S. The van der Waals surface area contributed by atoms with Crippen LogP contribution in [0.5, 0.6) is 5.75 Å². The van der Waals surface area contributed by atoms with E-state index >= 15 is 0 Å². The van der Waals surface area contributed by atoms with Gasteiger partial charge in [0.05, 0.1) is 17.5 Å². The lowest BCUT2D eigenvalue weighted by Crippen LogP contribution is -2.35. The number of hydrogen-bond acceptors (Lipinski definition) is 4. The van der Waals surface area contributed by atoms with Crippen molar-refractivity contribution in [3.63, 3.8) is 0 Å². The van der Waals surface area contributed by atoms with E-state index in [2.05, 4.69) is 24.4 Å². The lowest BCUT2D eigenvalue weighted by Gasteiger charge is -2.26. The van der Waals surface area contributed by atoms with Crippen LogP contribution in [0.25, 0.3) is 10.8 Å². The van der Waals surface area contributed by atoms with Gasteiger partial charge in [-0.1, -0.05) is 49.4 Å². The minimum Gasteiger partial charge on any atom is -0.493 e. The van der Waals surface area contributed by atoms with Crippen LogP contribution in [0.1, 0.15) is 25.3 Å². The summed E-state index contributed by atoms with van der Waals surface area (Å²) in [6, 6.07) is 19.8. The number of hydrogen-bond donors (Lipinski definition) is 1. The zero-order valence-corrected chi connectivity index (χ0v) is 18.6. The van der Waals surface area contributed by atoms with Crippen LogP contribution in [-0.4, -0.2) is 35.6 Å². The second kappa shape index (κ2) is 9.43. The highest BCUT2D eigenvalue weighted by atomic mass is 32.2. The Labute approximate surface area is 186 Å². The minimum atomic E-state index is -0.437. The van der Waals surface area contributed by atoms with E-state index in [1.165, 1.54) is 11.8 Å². The Morgan fingerprint density at radius 3 is 2.71 bits per heavy atom. The van der Waals surface area contributed by atoms with Crippen LogP contribution in [0, 0.1) is 0 Å². The van der Waals surface area contributed by atoms with Gasteiger partial charge in [-0.2, -0.15) is 0 Å². The van der Waals surface area contributed by atoms with E-state index in [1.807, 2.05) is 48.5 Å². The van der Waals surface area contributed by atoms with Crippen molar-refractivity contribution in [1.82, 2.24) is 4.90 Å². The zero-order chi connectivity index (χ0) is 21.8. The molecule has 0 fully saturated rings. The highest BCUT2D eigenvalue weighted by Crippen LogP contribution is 2.37. The van der Waals surface area contributed by atoms with Crippen LogP contribution in [0.4, 0.5) is 5.69 Å². The smallest absolute Gasteiger partial charge is 0.238 e. The molecule has 1 unspecified atom stereocenters. The van der Waals surface area contributed by atoms with E-state index in [-0.39, 0.29) is 18.2 Å². The first-order valence-corrected chi connectivity index (χ1v) is 11.4. The summed E-state index contributed by atoms with van der Waals surface area (Å²) >= 11 is 1.45. The van der Waals surface area contributed by atoms with Gasteiger partial charge < -0.3 is 15.0 Å². The van der Waals surface area contributed by atoms with Crippen molar-refractivity contribution in [2.24, 2.45) is 0 Å². The molecule has 31 heavy (non-hydrogen) atoms. The third-order valence-electron chi connectivity index (χ3n) is 5.35. The number of ether oxygens (including phenoxy) is 1. The Morgan fingerprint density at radius 2 is 1.87 bits per heavy atom. The maximum absolute atomic E-state index is 13.0. The van der Waals surface area contributed by atoms with Gasteiger partial charge >= 0.3 is 0 Å². The normalized spacial score (nSPS) is 15.3. The molecule has 0 saturated heterocycles. The Balaban J connectivity index is 1.51. The molecule has 1 atom stereocenters. The molecular weight excluding hydrogens is 408 g/mol. The molecule has 3 aromatic carbocycles. The van der Waals surface area contributed by atoms with E-state index < -0.39 is 5.25 Å². The lowest BCUT2D eigenvalue weighted by molar-refractivity contribution is -0.131. The standard InChI is InChI=1S/C25H26N2O3S/c1-3-14-30-21-13-12-17-8-4-5-9-18(17)19(21)16-27(2)24(28)15-23-25(29)26-20-10-6-7-11-22(20)31-23/h4-13,23H,3,14-16H2,1-2H3,(H,26,29). The molecule has 0 aliphatic carbocycles. The van der Waals surface area contributed by atoms with Crippen LogP contribution >= 0.6 is 11.8 Å². The summed E-state index contributed by atoms with van der Waals surface area (Å²) in [6.07, 6.45) is 1.06. The molecule has 1 aliphatic rings. The highest BCUT2D eigenvalue weighted by Gasteiger charge is 2.30. The molecule has 3 aromatic rings. The number of anilines is 1. The fourth-order valence-electron chi connectivity index (χ4n) is 3.69. The van der Waals surface area contributed by atoms with Crippen LogP contribution in [0.2, 0.25) is 0 Å². The average molecular weight is 435 g/mol. The summed E-state index contributed by atoms with van der Waals surface area (Å²) in [6.45, 7) is 3.12. The van der Waals surface area contributed by atoms with Gasteiger partial charge in [0.25, 0.3) is 0 Å². The Bertz CT molecular complexity index is 1110. The molecule has 0 spiro atoms. The monoisotopic (exact) mass is 434 g/mol. The zero-order valence-electron chi connectivity index (χ0n) is 17.8. The molecule has 2 amide bonds. The summed E-state index contributed by atoms with van der Waals surface area (Å²) in [5, 5.41) is 4.66. The first-order chi connectivity index (χ1) is 15.1. The number of fused-ring (bicyclic) bond motifs is 2. The van der Waals surface area contributed by atoms with Crippen molar-refractivity contribution in [3.05, 3.63) is 66.2 Å². The van der Waals surface area contributed by atoms with Crippen molar-refractivity contribution < 1.29 is 14.3 Å². The molecule has 6 heteroatoms. The first-order valence-electron chi connectivity index (χ1n) is 10.5. The van der Waals surface area contributed by atoms with Crippen molar-refractivity contribution in [1.29, 1.82) is 0 Å². The first kappa shape index (κ1) is 21.2. The van der Waals surface area contributed by atoms with Gasteiger partial charge in [0, 0.05) is 30.5 Å². The van der Waals surface area contributed by atoms with E-state index in [0.29, 0.717) is 13.2 Å². The number of amides is 2. The van der Waals surface area contributed by atoms with Gasteiger partial charge in [-0.3, -0.25) is 9.59 Å². The maximum atomic E-state index is 13.0. The van der Waals surface area contributed by atoms with Crippen molar-refractivity contribution in [2.75, 3.05) is 19.0 Å². The van der Waals surface area contributed by atoms with Gasteiger partial charge in [-0.15, -0.1) is 11.8 Å². The van der Waals surface area contributed by atoms with Crippen molar-refractivity contribution in [2.45, 2.75) is 36.5 Å². The Hall–Kier alpha value is -2.99. The third kappa shape index (κ3) is 4.69. The second-order valence-electron chi connectivity index (χ2n) is 7.66. The molecule has 1 N–H and O–H groups in total. The number of carbonyl (C=O) groups excluding carboxylic acids is 2. The Kier molecular flexibility index (Phi) is 6.47. The predicted molar refractivity (Wildman–Crippen MR) is 126 cm³/mol. The molecule has 1 heterocycles. The molecule has 0 aromatic heterocycles. The summed E-state index contributed by atoms with van der Waals surface area (Å²) in [4.78, 5) is 28.2. The summed E-state index contributed by atoms with van der Waals surface area (Å²) in [5.41, 5.74) is 1.80. The van der Waals surface area contributed by atoms with Crippen molar-refractivity contribution >= 4 is 40.0 Å². The average Bonchev–Trinajstić information content (AvgIpc) is 2.78. The van der Waals surface area contributed by atoms with E-state index in [0.717, 1.165) is 39.1 Å². The SMILES string of the molecule is CCCOc1ccc2ccccc2c1CN(C)C(=O)CC1Sc2ccccc2NC1=O. The van der Waals surface area contributed by atoms with E-state index in [1.54, 1.807) is 11.9 Å². The van der Waals surface area contributed by atoms with Gasteiger partial charge in [0.1, 0.15) is 5.75 Å². The Morgan fingerprint density at radius 1 is 1.10 bits per heavy atom. The van der Waals surface area contributed by atoms with Crippen LogP contribution in [0.3, 0.4) is 0 Å². The summed E-state index contributed by atoms with van der Waals surface area (Å²) < 4.78 is 5.97. The summed E-state index contributed by atoms with van der Waals surface area (Å²) in [7, 11) is 1.78. The van der Waals surface area contributed by atoms with E-state index in [9.17, 15) is 9.59 Å². The molecule has 1 aliphatic heterocycles. The van der Waals surface area contributed by atoms with Gasteiger partial charge in [0.2, 0.25) is 11.8 Å². The highest BCUT2D eigenvalue weighted by molar-refractivity contribution is 8.01. The molecule has 0 bridgehead atoms. The van der Waals surface area contributed by atoms with Gasteiger partial charge in [-0.05, 0) is 35.4 Å². The predicted octanol–water partition coefficient (Wildman–Crippen LogP) is 5.09. The lowest BCUT2D eigenvalue weighted by atomic mass is 10.0. The molecule has 160 valence electrons. The topological polar surface area (TPSA) is 58.6 Å². The molecule has 5 nitrogen and oxygen atoms in total. The number of nitrogens with one attached hydrogen (secondary N) is 1. The fourth-order valence-corrected chi connectivity index (χ4v) is 4.79. The van der Waals surface area contributed by atoms with Crippen LogP contribution < -0.4 is 10.1 Å². The number of para-hydroxylation sites is 1.